The Labute approximate surface area is 166 Å². The maximum atomic E-state index is 12.5. The number of nitrogens with one attached hydrogen (secondary N) is 2. The van der Waals surface area contributed by atoms with Gasteiger partial charge in [-0.3, -0.25) is 0 Å². The summed E-state index contributed by atoms with van der Waals surface area (Å²) in [6.45, 7) is 5.88. The molecule has 0 aliphatic carbocycles. The Morgan fingerprint density at radius 3 is 2.64 bits per heavy atom. The van der Waals surface area contributed by atoms with Crippen molar-refractivity contribution < 1.29 is 19.0 Å². The molecular weight excluding hydrogens is 356 g/mol. The van der Waals surface area contributed by atoms with Crippen LogP contribution in [-0.4, -0.2) is 26.4 Å². The number of rotatable bonds is 6. The van der Waals surface area contributed by atoms with E-state index >= 15 is 0 Å². The van der Waals surface area contributed by atoms with Gasteiger partial charge in [-0.2, -0.15) is 0 Å². The summed E-state index contributed by atoms with van der Waals surface area (Å²) >= 11 is 0. The largest absolute Gasteiger partial charge is 0.497 e. The molecule has 0 saturated carbocycles. The van der Waals surface area contributed by atoms with Crippen LogP contribution < -0.4 is 24.8 Å². The van der Waals surface area contributed by atoms with Gasteiger partial charge in [-0.25, -0.2) is 4.79 Å². The Morgan fingerprint density at radius 1 is 1.11 bits per heavy atom. The summed E-state index contributed by atoms with van der Waals surface area (Å²) < 4.78 is 16.7. The Kier molecular flexibility index (Phi) is 6.63. The number of benzene rings is 2. The predicted octanol–water partition coefficient (Wildman–Crippen LogP) is 4.05. The number of carbonyl (C=O) groups excluding carboxylic acids is 1. The first-order chi connectivity index (χ1) is 13.6. The summed E-state index contributed by atoms with van der Waals surface area (Å²) in [5.41, 5.74) is 1.97. The van der Waals surface area contributed by atoms with Crippen LogP contribution in [0.3, 0.4) is 0 Å². The highest BCUT2D eigenvalue weighted by molar-refractivity contribution is 5.74. The average molecular weight is 384 g/mol. The van der Waals surface area contributed by atoms with Crippen LogP contribution >= 0.6 is 0 Å². The van der Waals surface area contributed by atoms with Gasteiger partial charge < -0.3 is 24.8 Å². The summed E-state index contributed by atoms with van der Waals surface area (Å²) in [6, 6.07) is 13.2. The van der Waals surface area contributed by atoms with Crippen molar-refractivity contribution in [3.63, 3.8) is 0 Å². The molecule has 6 heteroatoms. The molecule has 3 rings (SSSR count). The number of amides is 2. The van der Waals surface area contributed by atoms with Crippen LogP contribution in [0, 0.1) is 5.92 Å². The van der Waals surface area contributed by atoms with Gasteiger partial charge in [-0.05, 0) is 41.3 Å². The minimum Gasteiger partial charge on any atom is -0.497 e. The van der Waals surface area contributed by atoms with E-state index in [0.717, 1.165) is 34.8 Å². The lowest BCUT2D eigenvalue weighted by molar-refractivity contribution is 0.232. The average Bonchev–Trinajstić information content (AvgIpc) is 2.95. The quantitative estimate of drug-likeness (QED) is 0.788. The number of urea groups is 1. The van der Waals surface area contributed by atoms with Gasteiger partial charge in [0.2, 0.25) is 0 Å². The monoisotopic (exact) mass is 384 g/mol. The van der Waals surface area contributed by atoms with Crippen LogP contribution in [0.2, 0.25) is 0 Å². The van der Waals surface area contributed by atoms with Crippen molar-refractivity contribution in [2.75, 3.05) is 20.3 Å². The SMILES string of the molecule is COc1cccc(CNC(=O)N[C@H](c2ccc3c(c2)OCCCO3)C(C)C)c1. The maximum Gasteiger partial charge on any atom is 0.315 e. The minimum absolute atomic E-state index is 0.137. The molecule has 6 nitrogen and oxygen atoms in total. The fourth-order valence-corrected chi connectivity index (χ4v) is 3.17. The number of hydrogen-bond donors (Lipinski definition) is 2. The van der Waals surface area contributed by atoms with E-state index in [4.69, 9.17) is 14.2 Å². The topological polar surface area (TPSA) is 68.8 Å². The molecule has 1 atom stereocenters. The van der Waals surface area contributed by atoms with Gasteiger partial charge in [0.25, 0.3) is 0 Å². The second-order valence-corrected chi connectivity index (χ2v) is 7.16. The minimum atomic E-state index is -0.214. The highest BCUT2D eigenvalue weighted by Gasteiger charge is 2.21. The molecule has 0 saturated heterocycles. The second kappa shape index (κ2) is 9.35. The van der Waals surface area contributed by atoms with Crippen molar-refractivity contribution in [1.82, 2.24) is 10.6 Å². The third kappa shape index (κ3) is 5.09. The molecule has 2 amide bonds. The van der Waals surface area contributed by atoms with Crippen molar-refractivity contribution in [1.29, 1.82) is 0 Å². The molecule has 0 fully saturated rings. The number of fused-ring (bicyclic) bond motifs is 1. The molecule has 0 radical (unpaired) electrons. The number of ether oxygens (including phenoxy) is 3. The first-order valence-electron chi connectivity index (χ1n) is 9.63. The van der Waals surface area contributed by atoms with Crippen molar-refractivity contribution in [2.45, 2.75) is 32.9 Å². The molecular formula is C22H28N2O4. The van der Waals surface area contributed by atoms with Gasteiger partial charge in [-0.15, -0.1) is 0 Å². The Morgan fingerprint density at radius 2 is 1.89 bits per heavy atom. The van der Waals surface area contributed by atoms with Crippen molar-refractivity contribution in [2.24, 2.45) is 5.92 Å². The van der Waals surface area contributed by atoms with Crippen molar-refractivity contribution in [3.05, 3.63) is 53.6 Å². The summed E-state index contributed by atoms with van der Waals surface area (Å²) in [4.78, 5) is 12.5. The van der Waals surface area contributed by atoms with E-state index in [0.29, 0.717) is 19.8 Å². The van der Waals surface area contributed by atoms with E-state index < -0.39 is 0 Å². The predicted molar refractivity (Wildman–Crippen MR) is 108 cm³/mol. The lowest BCUT2D eigenvalue weighted by atomic mass is 9.96. The zero-order valence-corrected chi connectivity index (χ0v) is 16.7. The molecule has 0 aromatic heterocycles. The fourth-order valence-electron chi connectivity index (χ4n) is 3.17. The molecule has 1 aliphatic rings. The van der Waals surface area contributed by atoms with E-state index in [2.05, 4.69) is 24.5 Å². The molecule has 1 aliphatic heterocycles. The molecule has 0 unspecified atom stereocenters. The van der Waals surface area contributed by atoms with Gasteiger partial charge >= 0.3 is 6.03 Å². The Balaban J connectivity index is 1.65. The molecule has 0 bridgehead atoms. The normalized spacial score (nSPS) is 14.1. The molecule has 150 valence electrons. The van der Waals surface area contributed by atoms with Gasteiger partial charge in [0, 0.05) is 13.0 Å². The zero-order valence-electron chi connectivity index (χ0n) is 16.7. The third-order valence-corrected chi connectivity index (χ3v) is 4.67. The van der Waals surface area contributed by atoms with Crippen LogP contribution in [0.25, 0.3) is 0 Å². The Hall–Kier alpha value is -2.89. The van der Waals surface area contributed by atoms with Gasteiger partial charge in [0.15, 0.2) is 11.5 Å². The van der Waals surface area contributed by atoms with Crippen LogP contribution in [0.4, 0.5) is 4.79 Å². The number of hydrogen-bond acceptors (Lipinski definition) is 4. The van der Waals surface area contributed by atoms with Gasteiger partial charge in [-0.1, -0.05) is 32.0 Å². The third-order valence-electron chi connectivity index (χ3n) is 4.67. The number of carbonyl (C=O) groups is 1. The van der Waals surface area contributed by atoms with Crippen LogP contribution in [0.1, 0.15) is 37.4 Å². The highest BCUT2D eigenvalue weighted by Crippen LogP contribution is 2.34. The lowest BCUT2D eigenvalue weighted by Crippen LogP contribution is -2.39. The van der Waals surface area contributed by atoms with E-state index in [1.165, 1.54) is 0 Å². The van der Waals surface area contributed by atoms with E-state index in [9.17, 15) is 4.79 Å². The summed E-state index contributed by atoms with van der Waals surface area (Å²) in [5.74, 6) is 2.48. The van der Waals surface area contributed by atoms with Crippen molar-refractivity contribution in [3.8, 4) is 17.2 Å². The number of methoxy groups -OCH3 is 1. The Bertz CT molecular complexity index is 807. The maximum absolute atomic E-state index is 12.5. The first kappa shape index (κ1) is 19.9. The first-order valence-corrected chi connectivity index (χ1v) is 9.63. The van der Waals surface area contributed by atoms with E-state index in [1.54, 1.807) is 7.11 Å². The van der Waals surface area contributed by atoms with Crippen LogP contribution in [0.5, 0.6) is 17.2 Å². The van der Waals surface area contributed by atoms with Crippen LogP contribution in [0.15, 0.2) is 42.5 Å². The summed E-state index contributed by atoms with van der Waals surface area (Å²) in [7, 11) is 1.63. The van der Waals surface area contributed by atoms with E-state index in [1.807, 2.05) is 42.5 Å². The molecule has 28 heavy (non-hydrogen) atoms. The fraction of sp³-hybridized carbons (Fsp3) is 0.409. The van der Waals surface area contributed by atoms with Crippen molar-refractivity contribution >= 4 is 6.03 Å². The smallest absolute Gasteiger partial charge is 0.315 e. The molecule has 0 spiro atoms. The van der Waals surface area contributed by atoms with Crippen LogP contribution in [-0.2, 0) is 6.54 Å². The zero-order chi connectivity index (χ0) is 19.9. The standard InChI is InChI=1S/C22H28N2O4/c1-15(2)21(17-8-9-19-20(13-17)28-11-5-10-27-19)24-22(25)23-14-16-6-4-7-18(12-16)26-3/h4,6-9,12-13,15,21H,5,10-11,14H2,1-3H3,(H2,23,24,25)/t21-/m0/s1. The van der Waals surface area contributed by atoms with E-state index in [-0.39, 0.29) is 18.0 Å². The second-order valence-electron chi connectivity index (χ2n) is 7.16. The van der Waals surface area contributed by atoms with Gasteiger partial charge in [0.05, 0.1) is 26.4 Å². The molecule has 2 aromatic rings. The molecule has 1 heterocycles. The summed E-state index contributed by atoms with van der Waals surface area (Å²) in [5, 5.41) is 5.99. The summed E-state index contributed by atoms with van der Waals surface area (Å²) in [6.07, 6.45) is 0.864. The highest BCUT2D eigenvalue weighted by atomic mass is 16.5. The van der Waals surface area contributed by atoms with Gasteiger partial charge in [0.1, 0.15) is 5.75 Å². The molecule has 2 N–H and O–H groups in total. The lowest BCUT2D eigenvalue weighted by Gasteiger charge is -2.24. The molecule has 2 aromatic carbocycles.